The van der Waals surface area contributed by atoms with Crippen LogP contribution in [0.3, 0.4) is 0 Å². The minimum absolute atomic E-state index is 0.510. The number of hydrogen-bond acceptors (Lipinski definition) is 2. The molecule has 0 aliphatic carbocycles. The molecule has 18 heavy (non-hydrogen) atoms. The number of nitrogens with two attached hydrogens (primary N) is 1. The fourth-order valence-corrected chi connectivity index (χ4v) is 2.01. The molecule has 0 amide bonds. The van der Waals surface area contributed by atoms with Gasteiger partial charge in [-0.15, -0.1) is 0 Å². The van der Waals surface area contributed by atoms with E-state index in [2.05, 4.69) is 6.92 Å². The minimum atomic E-state index is 0.510. The van der Waals surface area contributed by atoms with Crippen molar-refractivity contribution in [3.05, 3.63) is 58.6 Å². The van der Waals surface area contributed by atoms with Gasteiger partial charge in [0, 0.05) is 10.7 Å². The van der Waals surface area contributed by atoms with E-state index in [0.717, 1.165) is 34.0 Å². The predicted octanol–water partition coefficient (Wildman–Crippen LogP) is 4.06. The van der Waals surface area contributed by atoms with Gasteiger partial charge in [-0.25, -0.2) is 0 Å². The summed E-state index contributed by atoms with van der Waals surface area (Å²) in [7, 11) is 0. The van der Waals surface area contributed by atoms with Crippen molar-refractivity contribution in [2.45, 2.75) is 20.0 Å². The Bertz CT molecular complexity index is 540. The Hall–Kier alpha value is -1.67. The molecule has 2 N–H and O–H groups in total. The van der Waals surface area contributed by atoms with Crippen LogP contribution in [0.15, 0.2) is 42.5 Å². The highest BCUT2D eigenvalue weighted by atomic mass is 35.5. The number of rotatable bonds is 4. The zero-order valence-electron chi connectivity index (χ0n) is 10.3. The van der Waals surface area contributed by atoms with Crippen molar-refractivity contribution in [1.29, 1.82) is 0 Å². The molecule has 0 fully saturated rings. The number of hydrogen-bond donors (Lipinski definition) is 1. The summed E-state index contributed by atoms with van der Waals surface area (Å²) in [4.78, 5) is 0. The maximum Gasteiger partial charge on any atom is 0.120 e. The summed E-state index contributed by atoms with van der Waals surface area (Å²) < 4.78 is 5.73. The standard InChI is InChI=1S/C15H16ClNO/c1-2-12-9-14(6-7-15(12)16)18-10-11-4-3-5-13(17)8-11/h3-9H,2,10,17H2,1H3. The number of halogens is 1. The van der Waals surface area contributed by atoms with Crippen LogP contribution in [-0.4, -0.2) is 0 Å². The van der Waals surface area contributed by atoms with Crippen LogP contribution in [0.25, 0.3) is 0 Å². The quantitative estimate of drug-likeness (QED) is 0.843. The van der Waals surface area contributed by atoms with E-state index in [9.17, 15) is 0 Å². The van der Waals surface area contributed by atoms with E-state index in [-0.39, 0.29) is 0 Å². The average Bonchev–Trinajstić information content (AvgIpc) is 2.38. The van der Waals surface area contributed by atoms with Crippen LogP contribution < -0.4 is 10.5 Å². The van der Waals surface area contributed by atoms with E-state index in [1.165, 1.54) is 0 Å². The van der Waals surface area contributed by atoms with Crippen LogP contribution >= 0.6 is 11.6 Å². The van der Waals surface area contributed by atoms with Gasteiger partial charge in [0.05, 0.1) is 0 Å². The maximum atomic E-state index is 6.06. The van der Waals surface area contributed by atoms with E-state index >= 15 is 0 Å². The molecule has 0 bridgehead atoms. The molecule has 0 heterocycles. The Morgan fingerprint density at radius 2 is 2.00 bits per heavy atom. The molecule has 0 aliphatic rings. The molecule has 0 aromatic heterocycles. The second kappa shape index (κ2) is 5.78. The molecule has 0 unspecified atom stereocenters. The van der Waals surface area contributed by atoms with Crippen molar-refractivity contribution in [2.24, 2.45) is 0 Å². The molecule has 0 saturated carbocycles. The lowest BCUT2D eigenvalue weighted by atomic mass is 10.1. The summed E-state index contributed by atoms with van der Waals surface area (Å²) in [5, 5.41) is 0.786. The summed E-state index contributed by atoms with van der Waals surface area (Å²) >= 11 is 6.06. The zero-order chi connectivity index (χ0) is 13.0. The van der Waals surface area contributed by atoms with Gasteiger partial charge in [0.25, 0.3) is 0 Å². The van der Waals surface area contributed by atoms with E-state index in [1.807, 2.05) is 42.5 Å². The summed E-state index contributed by atoms with van der Waals surface area (Å²) in [5.41, 5.74) is 8.63. The maximum absolute atomic E-state index is 6.06. The lowest BCUT2D eigenvalue weighted by Crippen LogP contribution is -1.97. The van der Waals surface area contributed by atoms with Gasteiger partial charge >= 0.3 is 0 Å². The van der Waals surface area contributed by atoms with Gasteiger partial charge in [-0.2, -0.15) is 0 Å². The fraction of sp³-hybridized carbons (Fsp3) is 0.200. The van der Waals surface area contributed by atoms with Crippen molar-refractivity contribution in [1.82, 2.24) is 0 Å². The summed E-state index contributed by atoms with van der Waals surface area (Å²) in [6.07, 6.45) is 0.897. The third-order valence-corrected chi connectivity index (χ3v) is 3.12. The Balaban J connectivity index is 2.06. The minimum Gasteiger partial charge on any atom is -0.489 e. The SMILES string of the molecule is CCc1cc(OCc2cccc(N)c2)ccc1Cl. The van der Waals surface area contributed by atoms with Gasteiger partial charge in [-0.05, 0) is 47.9 Å². The number of nitrogen functional groups attached to an aromatic ring is 1. The first-order valence-corrected chi connectivity index (χ1v) is 6.32. The van der Waals surface area contributed by atoms with E-state index in [0.29, 0.717) is 6.61 Å². The Labute approximate surface area is 112 Å². The van der Waals surface area contributed by atoms with Crippen LogP contribution in [-0.2, 0) is 13.0 Å². The normalized spacial score (nSPS) is 10.3. The van der Waals surface area contributed by atoms with Gasteiger partial charge in [-0.3, -0.25) is 0 Å². The predicted molar refractivity (Wildman–Crippen MR) is 76.0 cm³/mol. The van der Waals surface area contributed by atoms with Gasteiger partial charge < -0.3 is 10.5 Å². The molecular weight excluding hydrogens is 246 g/mol. The number of benzene rings is 2. The first-order chi connectivity index (χ1) is 8.69. The molecule has 3 heteroatoms. The Morgan fingerprint density at radius 3 is 2.72 bits per heavy atom. The number of ether oxygens (including phenoxy) is 1. The summed E-state index contributed by atoms with van der Waals surface area (Å²) in [5.74, 6) is 0.832. The highest BCUT2D eigenvalue weighted by Gasteiger charge is 2.01. The monoisotopic (exact) mass is 261 g/mol. The molecular formula is C15H16ClNO. The second-order valence-corrected chi connectivity index (χ2v) is 4.55. The van der Waals surface area contributed by atoms with Gasteiger partial charge in [0.2, 0.25) is 0 Å². The third-order valence-electron chi connectivity index (χ3n) is 2.75. The van der Waals surface area contributed by atoms with Crippen molar-refractivity contribution < 1.29 is 4.74 Å². The largest absolute Gasteiger partial charge is 0.489 e. The lowest BCUT2D eigenvalue weighted by Gasteiger charge is -2.09. The van der Waals surface area contributed by atoms with Crippen molar-refractivity contribution >= 4 is 17.3 Å². The molecule has 0 aliphatic heterocycles. The van der Waals surface area contributed by atoms with Crippen LogP contribution in [0.2, 0.25) is 5.02 Å². The molecule has 0 spiro atoms. The lowest BCUT2D eigenvalue weighted by molar-refractivity contribution is 0.306. The van der Waals surface area contributed by atoms with Gasteiger partial charge in [-0.1, -0.05) is 30.7 Å². The van der Waals surface area contributed by atoms with Crippen molar-refractivity contribution in [3.8, 4) is 5.75 Å². The third kappa shape index (κ3) is 3.17. The first-order valence-electron chi connectivity index (χ1n) is 5.94. The van der Waals surface area contributed by atoms with Crippen LogP contribution in [0, 0.1) is 0 Å². The first kappa shape index (κ1) is 12.8. The molecule has 0 atom stereocenters. The molecule has 2 aromatic rings. The topological polar surface area (TPSA) is 35.2 Å². The van der Waals surface area contributed by atoms with Crippen LogP contribution in [0.4, 0.5) is 5.69 Å². The van der Waals surface area contributed by atoms with Crippen LogP contribution in [0.1, 0.15) is 18.1 Å². The summed E-state index contributed by atoms with van der Waals surface area (Å²) in [6.45, 7) is 2.58. The molecule has 94 valence electrons. The Kier molecular flexibility index (Phi) is 4.11. The highest BCUT2D eigenvalue weighted by molar-refractivity contribution is 6.31. The fourth-order valence-electron chi connectivity index (χ4n) is 1.76. The molecule has 0 saturated heterocycles. The van der Waals surface area contributed by atoms with E-state index < -0.39 is 0 Å². The smallest absolute Gasteiger partial charge is 0.120 e. The molecule has 2 aromatic carbocycles. The highest BCUT2D eigenvalue weighted by Crippen LogP contribution is 2.23. The van der Waals surface area contributed by atoms with E-state index in [4.69, 9.17) is 22.1 Å². The molecule has 0 radical (unpaired) electrons. The van der Waals surface area contributed by atoms with Crippen LogP contribution in [0.5, 0.6) is 5.75 Å². The van der Waals surface area contributed by atoms with Gasteiger partial charge in [0.1, 0.15) is 12.4 Å². The number of aryl methyl sites for hydroxylation is 1. The Morgan fingerprint density at radius 1 is 1.17 bits per heavy atom. The zero-order valence-corrected chi connectivity index (χ0v) is 11.1. The second-order valence-electron chi connectivity index (χ2n) is 4.14. The summed E-state index contributed by atoms with van der Waals surface area (Å²) in [6, 6.07) is 13.4. The van der Waals surface area contributed by atoms with Crippen molar-refractivity contribution in [2.75, 3.05) is 5.73 Å². The van der Waals surface area contributed by atoms with Crippen molar-refractivity contribution in [3.63, 3.8) is 0 Å². The molecule has 2 nitrogen and oxygen atoms in total. The average molecular weight is 262 g/mol. The van der Waals surface area contributed by atoms with Gasteiger partial charge in [0.15, 0.2) is 0 Å². The molecule has 2 rings (SSSR count). The van der Waals surface area contributed by atoms with E-state index in [1.54, 1.807) is 0 Å². The number of anilines is 1.